The minimum absolute atomic E-state index is 0.255. The molecule has 1 amide bonds. The predicted octanol–water partition coefficient (Wildman–Crippen LogP) is 2.42. The monoisotopic (exact) mass is 353 g/mol. The molecular weight excluding hydrogens is 334 g/mol. The van der Waals surface area contributed by atoms with Gasteiger partial charge in [0.15, 0.2) is 17.6 Å². The largest absolute Gasteiger partial charge is 0.486 e. The van der Waals surface area contributed by atoms with Gasteiger partial charge in [0.25, 0.3) is 5.91 Å². The summed E-state index contributed by atoms with van der Waals surface area (Å²) in [7, 11) is 0. The van der Waals surface area contributed by atoms with E-state index in [0.717, 1.165) is 11.1 Å². The molecule has 2 heterocycles. The van der Waals surface area contributed by atoms with Crippen molar-refractivity contribution in [3.63, 3.8) is 0 Å². The second-order valence-electron chi connectivity index (χ2n) is 6.39. The molecule has 6 nitrogen and oxygen atoms in total. The Balaban J connectivity index is 1.46. The molecule has 0 aliphatic carbocycles. The van der Waals surface area contributed by atoms with Gasteiger partial charge in [-0.15, -0.1) is 0 Å². The maximum atomic E-state index is 12.6. The van der Waals surface area contributed by atoms with Gasteiger partial charge in [0.2, 0.25) is 0 Å². The Labute approximate surface area is 151 Å². The molecule has 134 valence electrons. The summed E-state index contributed by atoms with van der Waals surface area (Å²) in [6.07, 6.45) is -0.446. The van der Waals surface area contributed by atoms with Crippen LogP contribution in [0.3, 0.4) is 0 Å². The highest BCUT2D eigenvalue weighted by Gasteiger charge is 2.31. The fourth-order valence-electron chi connectivity index (χ4n) is 3.20. The second-order valence-corrected chi connectivity index (χ2v) is 6.39. The quantitative estimate of drug-likeness (QED) is 0.858. The first-order valence-electron chi connectivity index (χ1n) is 8.60. The van der Waals surface area contributed by atoms with Gasteiger partial charge < -0.3 is 19.5 Å². The van der Waals surface area contributed by atoms with E-state index in [4.69, 9.17) is 14.2 Å². The number of esters is 1. The van der Waals surface area contributed by atoms with Crippen LogP contribution >= 0.6 is 0 Å². The Bertz CT molecular complexity index is 863. The molecule has 0 radical (unpaired) electrons. The Morgan fingerprint density at radius 1 is 1.12 bits per heavy atom. The fraction of sp³-hybridized carbons (Fsp3) is 0.300. The first-order valence-corrected chi connectivity index (χ1v) is 8.60. The standard InChI is InChI=1S/C20H19NO5/c1-12(13-6-7-16-17(10-13)25-9-8-24-16)21-19(22)18-11-14-4-2-3-5-15(14)20(23)26-18/h2-7,10,12,18H,8-9,11H2,1H3,(H,21,22)/t12-,18-/m1/s1. The number of rotatable bonds is 3. The number of fused-ring (bicyclic) bond motifs is 2. The molecule has 4 rings (SSSR count). The molecular formula is C20H19NO5. The van der Waals surface area contributed by atoms with Crippen molar-refractivity contribution in [2.24, 2.45) is 0 Å². The fourth-order valence-corrected chi connectivity index (χ4v) is 3.20. The third-order valence-corrected chi connectivity index (χ3v) is 4.61. The molecule has 26 heavy (non-hydrogen) atoms. The topological polar surface area (TPSA) is 73.9 Å². The van der Waals surface area contributed by atoms with E-state index < -0.39 is 12.1 Å². The van der Waals surface area contributed by atoms with Crippen LogP contribution in [0.25, 0.3) is 0 Å². The molecule has 0 fully saturated rings. The minimum Gasteiger partial charge on any atom is -0.486 e. The average Bonchev–Trinajstić information content (AvgIpc) is 2.67. The highest BCUT2D eigenvalue weighted by molar-refractivity contribution is 5.95. The first kappa shape index (κ1) is 16.4. The van der Waals surface area contributed by atoms with Gasteiger partial charge in [0.05, 0.1) is 11.6 Å². The van der Waals surface area contributed by atoms with Crippen molar-refractivity contribution in [2.45, 2.75) is 25.5 Å². The van der Waals surface area contributed by atoms with E-state index in [-0.39, 0.29) is 11.9 Å². The van der Waals surface area contributed by atoms with E-state index in [1.807, 2.05) is 37.3 Å². The highest BCUT2D eigenvalue weighted by Crippen LogP contribution is 2.32. The molecule has 6 heteroatoms. The maximum Gasteiger partial charge on any atom is 0.339 e. The first-order chi connectivity index (χ1) is 12.6. The number of ether oxygens (including phenoxy) is 3. The number of hydrogen-bond acceptors (Lipinski definition) is 5. The Hall–Kier alpha value is -3.02. The smallest absolute Gasteiger partial charge is 0.339 e. The second kappa shape index (κ2) is 6.71. The van der Waals surface area contributed by atoms with Crippen molar-refractivity contribution in [1.29, 1.82) is 0 Å². The van der Waals surface area contributed by atoms with Crippen LogP contribution in [0.4, 0.5) is 0 Å². The predicted molar refractivity (Wildman–Crippen MR) is 93.3 cm³/mol. The molecule has 2 aromatic rings. The number of benzene rings is 2. The molecule has 0 aromatic heterocycles. The van der Waals surface area contributed by atoms with E-state index in [9.17, 15) is 9.59 Å². The van der Waals surface area contributed by atoms with Crippen LogP contribution in [-0.2, 0) is 16.0 Å². The molecule has 0 saturated heterocycles. The Morgan fingerprint density at radius 2 is 1.88 bits per heavy atom. The van der Waals surface area contributed by atoms with E-state index in [1.54, 1.807) is 12.1 Å². The molecule has 1 N–H and O–H groups in total. The number of hydrogen-bond donors (Lipinski definition) is 1. The lowest BCUT2D eigenvalue weighted by Gasteiger charge is -2.26. The van der Waals surface area contributed by atoms with Gasteiger partial charge in [-0.05, 0) is 36.2 Å². The van der Waals surface area contributed by atoms with E-state index in [0.29, 0.717) is 36.7 Å². The highest BCUT2D eigenvalue weighted by atomic mass is 16.6. The van der Waals surface area contributed by atoms with Gasteiger partial charge in [0.1, 0.15) is 13.2 Å². The number of carbonyl (C=O) groups excluding carboxylic acids is 2. The summed E-state index contributed by atoms with van der Waals surface area (Å²) in [5, 5.41) is 2.91. The number of nitrogens with one attached hydrogen (secondary N) is 1. The minimum atomic E-state index is -0.822. The summed E-state index contributed by atoms with van der Waals surface area (Å²) < 4.78 is 16.4. The molecule has 0 spiro atoms. The van der Waals surface area contributed by atoms with Gasteiger partial charge in [0, 0.05) is 6.42 Å². The number of carbonyl (C=O) groups is 2. The number of amides is 1. The average molecular weight is 353 g/mol. The lowest BCUT2D eigenvalue weighted by molar-refractivity contribution is -0.131. The molecule has 2 aliphatic heterocycles. The molecule has 2 aliphatic rings. The van der Waals surface area contributed by atoms with Crippen molar-refractivity contribution in [3.05, 3.63) is 59.2 Å². The van der Waals surface area contributed by atoms with Crippen LogP contribution < -0.4 is 14.8 Å². The molecule has 0 bridgehead atoms. The summed E-state index contributed by atoms with van der Waals surface area (Å²) in [6.45, 7) is 2.92. The normalized spacial score (nSPS) is 19.1. The lowest BCUT2D eigenvalue weighted by atomic mass is 9.98. The zero-order valence-corrected chi connectivity index (χ0v) is 14.4. The van der Waals surface area contributed by atoms with Crippen LogP contribution in [0, 0.1) is 0 Å². The molecule has 0 saturated carbocycles. The third-order valence-electron chi connectivity index (χ3n) is 4.61. The van der Waals surface area contributed by atoms with Crippen LogP contribution in [0.2, 0.25) is 0 Å². The SMILES string of the molecule is C[C@@H](NC(=O)[C@H]1Cc2ccccc2C(=O)O1)c1ccc2c(c1)OCCO2. The van der Waals surface area contributed by atoms with Crippen LogP contribution in [0.5, 0.6) is 11.5 Å². The van der Waals surface area contributed by atoms with Gasteiger partial charge in [-0.3, -0.25) is 4.79 Å². The molecule has 2 atom stereocenters. The molecule has 0 unspecified atom stereocenters. The van der Waals surface area contributed by atoms with Gasteiger partial charge in [-0.2, -0.15) is 0 Å². The summed E-state index contributed by atoms with van der Waals surface area (Å²) in [4.78, 5) is 24.7. The van der Waals surface area contributed by atoms with E-state index >= 15 is 0 Å². The van der Waals surface area contributed by atoms with Crippen LogP contribution in [0.15, 0.2) is 42.5 Å². The van der Waals surface area contributed by atoms with Crippen molar-refractivity contribution in [2.75, 3.05) is 13.2 Å². The van der Waals surface area contributed by atoms with Gasteiger partial charge >= 0.3 is 5.97 Å². The van der Waals surface area contributed by atoms with Crippen molar-refractivity contribution < 1.29 is 23.8 Å². The summed E-state index contributed by atoms with van der Waals surface area (Å²) in [6, 6.07) is 12.5. The summed E-state index contributed by atoms with van der Waals surface area (Å²) >= 11 is 0. The van der Waals surface area contributed by atoms with Crippen LogP contribution in [-0.4, -0.2) is 31.2 Å². The van der Waals surface area contributed by atoms with E-state index in [2.05, 4.69) is 5.32 Å². The third kappa shape index (κ3) is 3.10. The zero-order valence-electron chi connectivity index (χ0n) is 14.4. The van der Waals surface area contributed by atoms with E-state index in [1.165, 1.54) is 0 Å². The zero-order chi connectivity index (χ0) is 18.1. The maximum absolute atomic E-state index is 12.6. The lowest BCUT2D eigenvalue weighted by Crippen LogP contribution is -2.42. The van der Waals surface area contributed by atoms with Gasteiger partial charge in [-0.1, -0.05) is 24.3 Å². The molecule has 2 aromatic carbocycles. The summed E-state index contributed by atoms with van der Waals surface area (Å²) in [5.41, 5.74) is 2.25. The summed E-state index contributed by atoms with van der Waals surface area (Å²) in [5.74, 6) is 0.610. The van der Waals surface area contributed by atoms with Crippen molar-refractivity contribution in [3.8, 4) is 11.5 Å². The van der Waals surface area contributed by atoms with Crippen LogP contribution in [0.1, 0.15) is 34.5 Å². The van der Waals surface area contributed by atoms with Crippen molar-refractivity contribution >= 4 is 11.9 Å². The Kier molecular flexibility index (Phi) is 4.24. The van der Waals surface area contributed by atoms with Crippen molar-refractivity contribution in [1.82, 2.24) is 5.32 Å². The number of cyclic esters (lactones) is 1. The Morgan fingerprint density at radius 3 is 2.73 bits per heavy atom. The van der Waals surface area contributed by atoms with Gasteiger partial charge in [-0.25, -0.2) is 4.79 Å².